The van der Waals surface area contributed by atoms with E-state index < -0.39 is 28.8 Å². The molecule has 0 heterocycles. The van der Waals surface area contributed by atoms with Crippen molar-refractivity contribution in [1.29, 1.82) is 0 Å². The quantitative estimate of drug-likeness (QED) is 0.459. The van der Waals surface area contributed by atoms with E-state index >= 15 is 0 Å². The summed E-state index contributed by atoms with van der Waals surface area (Å²) in [6, 6.07) is -1.37. The summed E-state index contributed by atoms with van der Waals surface area (Å²) >= 11 is 7.85. The van der Waals surface area contributed by atoms with Crippen LogP contribution in [0.2, 0.25) is 0 Å². The number of hydrogen-bond donors (Lipinski definition) is 5. The molecular weight excluding hydrogens is 276 g/mol. The topological polar surface area (TPSA) is 104 Å². The van der Waals surface area contributed by atoms with Crippen LogP contribution in [0.15, 0.2) is 0 Å². The SMILES string of the molecule is CC(C)(S)C(N)C(=O)O.CN(C)C(CS)C(=O)O. The second-order valence-corrected chi connectivity index (χ2v) is 5.99. The van der Waals surface area contributed by atoms with E-state index in [1.165, 1.54) is 0 Å². The van der Waals surface area contributed by atoms with Gasteiger partial charge in [-0.15, -0.1) is 0 Å². The van der Waals surface area contributed by atoms with E-state index in [2.05, 4.69) is 25.3 Å². The van der Waals surface area contributed by atoms with Gasteiger partial charge in [-0.05, 0) is 27.9 Å². The molecule has 0 bridgehead atoms. The van der Waals surface area contributed by atoms with Crippen LogP contribution in [0.1, 0.15) is 13.8 Å². The Kier molecular flexibility index (Phi) is 9.53. The maximum atomic E-state index is 10.3. The standard InChI is InChI=1S/2C5H11NO2S/c1-6(2)4(3-9)5(7)8;1-5(2,9)3(6)4(7)8/h4,9H,3H2,1-2H3,(H,7,8);3,9H,6H2,1-2H3,(H,7,8). The molecule has 0 aromatic rings. The third kappa shape index (κ3) is 8.62. The third-order valence-corrected chi connectivity index (χ3v) is 2.73. The van der Waals surface area contributed by atoms with Crippen molar-refractivity contribution < 1.29 is 19.8 Å². The Morgan fingerprint density at radius 2 is 1.67 bits per heavy atom. The zero-order valence-electron chi connectivity index (χ0n) is 11.0. The molecule has 0 fully saturated rings. The van der Waals surface area contributed by atoms with Crippen molar-refractivity contribution in [3.63, 3.8) is 0 Å². The van der Waals surface area contributed by atoms with E-state index in [1.54, 1.807) is 32.8 Å². The number of rotatable bonds is 5. The average molecular weight is 298 g/mol. The lowest BCUT2D eigenvalue weighted by molar-refractivity contribution is -0.141. The Bertz CT molecular complexity index is 268. The lowest BCUT2D eigenvalue weighted by Crippen LogP contribution is -2.45. The minimum Gasteiger partial charge on any atom is -0.480 e. The summed E-state index contributed by atoms with van der Waals surface area (Å²) < 4.78 is -0.647. The molecule has 0 aromatic carbocycles. The molecule has 6 nitrogen and oxygen atoms in total. The van der Waals surface area contributed by atoms with Gasteiger partial charge in [-0.3, -0.25) is 14.5 Å². The van der Waals surface area contributed by atoms with Crippen LogP contribution in [-0.4, -0.2) is 63.7 Å². The van der Waals surface area contributed by atoms with Crippen LogP contribution in [0, 0.1) is 0 Å². The smallest absolute Gasteiger partial charge is 0.321 e. The van der Waals surface area contributed by atoms with Gasteiger partial charge in [-0.1, -0.05) is 0 Å². The van der Waals surface area contributed by atoms with Gasteiger partial charge in [0.15, 0.2) is 0 Å². The zero-order valence-corrected chi connectivity index (χ0v) is 12.8. The summed E-state index contributed by atoms with van der Waals surface area (Å²) in [5, 5.41) is 16.8. The van der Waals surface area contributed by atoms with Gasteiger partial charge in [0.25, 0.3) is 0 Å². The molecule has 2 atom stereocenters. The molecular formula is C10H22N2O4S2. The summed E-state index contributed by atoms with van der Waals surface area (Å²) in [7, 11) is 3.43. The molecule has 0 aliphatic carbocycles. The van der Waals surface area contributed by atoms with E-state index in [4.69, 9.17) is 15.9 Å². The first kappa shape index (κ1) is 19.9. The molecule has 0 amide bonds. The third-order valence-electron chi connectivity index (χ3n) is 2.11. The molecule has 0 rings (SSSR count). The van der Waals surface area contributed by atoms with E-state index in [-0.39, 0.29) is 0 Å². The Balaban J connectivity index is 0. The molecule has 2 unspecified atom stereocenters. The van der Waals surface area contributed by atoms with Crippen LogP contribution in [0.4, 0.5) is 0 Å². The molecule has 4 N–H and O–H groups in total. The lowest BCUT2D eigenvalue weighted by atomic mass is 10.1. The largest absolute Gasteiger partial charge is 0.480 e. The Labute approximate surface area is 118 Å². The minimum absolute atomic E-state index is 0.350. The van der Waals surface area contributed by atoms with Gasteiger partial charge in [0, 0.05) is 10.5 Å². The highest BCUT2D eigenvalue weighted by molar-refractivity contribution is 7.81. The van der Waals surface area contributed by atoms with Gasteiger partial charge in [0.05, 0.1) is 0 Å². The lowest BCUT2D eigenvalue weighted by Gasteiger charge is -2.21. The van der Waals surface area contributed by atoms with Crippen LogP contribution < -0.4 is 5.73 Å². The number of carboxylic acids is 2. The summed E-state index contributed by atoms with van der Waals surface area (Å²) in [6.45, 7) is 3.32. The average Bonchev–Trinajstić information content (AvgIpc) is 2.15. The number of nitrogens with zero attached hydrogens (tertiary/aromatic N) is 1. The normalized spacial score (nSPS) is 14.4. The number of carboxylic acid groups (broad SMARTS) is 2. The van der Waals surface area contributed by atoms with Crippen molar-refractivity contribution in [3.05, 3.63) is 0 Å². The first-order valence-corrected chi connectivity index (χ1v) is 6.24. The fourth-order valence-corrected chi connectivity index (χ4v) is 1.36. The molecule has 0 spiro atoms. The van der Waals surface area contributed by atoms with Crippen LogP contribution in [-0.2, 0) is 9.59 Å². The van der Waals surface area contributed by atoms with Crippen molar-refractivity contribution in [2.24, 2.45) is 5.73 Å². The van der Waals surface area contributed by atoms with Gasteiger partial charge < -0.3 is 15.9 Å². The maximum Gasteiger partial charge on any atom is 0.321 e. The number of aliphatic carboxylic acids is 2. The fraction of sp³-hybridized carbons (Fsp3) is 0.800. The van der Waals surface area contributed by atoms with Crippen LogP contribution in [0.5, 0.6) is 0 Å². The van der Waals surface area contributed by atoms with Crippen LogP contribution in [0.25, 0.3) is 0 Å². The molecule has 8 heteroatoms. The van der Waals surface area contributed by atoms with Crippen LogP contribution in [0.3, 0.4) is 0 Å². The summed E-state index contributed by atoms with van der Waals surface area (Å²) in [5.41, 5.74) is 5.22. The Morgan fingerprint density at radius 3 is 1.67 bits per heavy atom. The monoisotopic (exact) mass is 298 g/mol. The zero-order chi connectivity index (χ0) is 15.1. The fourth-order valence-electron chi connectivity index (χ4n) is 0.764. The van der Waals surface area contributed by atoms with E-state index in [0.29, 0.717) is 5.75 Å². The van der Waals surface area contributed by atoms with E-state index in [0.717, 1.165) is 0 Å². The molecule has 0 aliphatic heterocycles. The molecule has 108 valence electrons. The number of nitrogens with two attached hydrogens (primary N) is 1. The predicted molar refractivity (Wildman–Crippen MR) is 77.6 cm³/mol. The number of carbonyl (C=O) groups is 2. The second kappa shape index (κ2) is 8.63. The van der Waals surface area contributed by atoms with Gasteiger partial charge in [0.2, 0.25) is 0 Å². The highest BCUT2D eigenvalue weighted by atomic mass is 32.1. The molecule has 0 aliphatic rings. The van der Waals surface area contributed by atoms with Crippen molar-refractivity contribution in [2.45, 2.75) is 30.7 Å². The van der Waals surface area contributed by atoms with Crippen molar-refractivity contribution in [3.8, 4) is 0 Å². The van der Waals surface area contributed by atoms with Crippen LogP contribution >= 0.6 is 25.3 Å². The van der Waals surface area contributed by atoms with Crippen molar-refractivity contribution in [2.75, 3.05) is 19.8 Å². The highest BCUT2D eigenvalue weighted by Crippen LogP contribution is 2.15. The molecule has 0 aromatic heterocycles. The summed E-state index contributed by atoms with van der Waals surface area (Å²) in [6.07, 6.45) is 0. The summed E-state index contributed by atoms with van der Waals surface area (Å²) in [5.74, 6) is -1.49. The summed E-state index contributed by atoms with van der Waals surface area (Å²) in [4.78, 5) is 22.1. The molecule has 0 saturated heterocycles. The van der Waals surface area contributed by atoms with E-state index in [1.807, 2.05) is 0 Å². The predicted octanol–water partition coefficient (Wildman–Crippen LogP) is 0.0377. The first-order valence-electron chi connectivity index (χ1n) is 5.16. The molecule has 0 radical (unpaired) electrons. The Morgan fingerprint density at radius 1 is 1.28 bits per heavy atom. The van der Waals surface area contributed by atoms with Gasteiger partial charge in [-0.25, -0.2) is 0 Å². The molecule has 0 saturated carbocycles. The number of likely N-dealkylation sites (N-methyl/N-ethyl adjacent to an activating group) is 1. The maximum absolute atomic E-state index is 10.3. The van der Waals surface area contributed by atoms with Crippen molar-refractivity contribution >= 4 is 37.2 Å². The number of thiol groups is 2. The first-order chi connectivity index (χ1) is 7.95. The van der Waals surface area contributed by atoms with Crippen molar-refractivity contribution in [1.82, 2.24) is 4.90 Å². The second-order valence-electron chi connectivity index (χ2n) is 4.47. The Hall–Kier alpha value is -0.440. The van der Waals surface area contributed by atoms with Gasteiger partial charge in [0.1, 0.15) is 12.1 Å². The number of hydrogen-bond acceptors (Lipinski definition) is 6. The van der Waals surface area contributed by atoms with Gasteiger partial charge >= 0.3 is 11.9 Å². The minimum atomic E-state index is -1.02. The molecule has 18 heavy (non-hydrogen) atoms. The van der Waals surface area contributed by atoms with Gasteiger partial charge in [-0.2, -0.15) is 25.3 Å². The van der Waals surface area contributed by atoms with E-state index in [9.17, 15) is 9.59 Å². The highest BCUT2D eigenvalue weighted by Gasteiger charge is 2.27.